The minimum atomic E-state index is 0.291. The zero-order valence-corrected chi connectivity index (χ0v) is 12.6. The first kappa shape index (κ1) is 14.5. The summed E-state index contributed by atoms with van der Waals surface area (Å²) in [7, 11) is 1.66. The molecular weight excluding hydrogens is 270 g/mol. The second-order valence-electron chi connectivity index (χ2n) is 6.02. The van der Waals surface area contributed by atoms with Crippen LogP contribution in [0.3, 0.4) is 0 Å². The number of hydrogen-bond donors (Lipinski definition) is 0. The third-order valence-corrected chi connectivity index (χ3v) is 4.62. The summed E-state index contributed by atoms with van der Waals surface area (Å²) >= 11 is 0. The molecule has 1 saturated carbocycles. The third kappa shape index (κ3) is 3.26. The van der Waals surface area contributed by atoms with Gasteiger partial charge in [-0.2, -0.15) is 4.98 Å². The first-order valence-electron chi connectivity index (χ1n) is 7.88. The zero-order chi connectivity index (χ0) is 14.7. The van der Waals surface area contributed by atoms with E-state index in [1.165, 1.54) is 6.42 Å². The van der Waals surface area contributed by atoms with E-state index in [9.17, 15) is 4.79 Å². The van der Waals surface area contributed by atoms with Crippen molar-refractivity contribution in [3.8, 4) is 0 Å². The molecule has 6 heteroatoms. The summed E-state index contributed by atoms with van der Waals surface area (Å²) in [5, 5.41) is 3.99. The molecule has 116 valence electrons. The van der Waals surface area contributed by atoms with Gasteiger partial charge in [0, 0.05) is 38.5 Å². The molecule has 1 aromatic rings. The lowest BCUT2D eigenvalue weighted by Gasteiger charge is -2.35. The molecule has 21 heavy (non-hydrogen) atoms. The second kappa shape index (κ2) is 6.56. The van der Waals surface area contributed by atoms with Gasteiger partial charge in [0.05, 0.1) is 6.61 Å². The van der Waals surface area contributed by atoms with Crippen LogP contribution >= 0.6 is 0 Å². The van der Waals surface area contributed by atoms with Gasteiger partial charge in [0.15, 0.2) is 5.82 Å². The van der Waals surface area contributed by atoms with Crippen molar-refractivity contribution in [2.24, 2.45) is 5.92 Å². The molecule has 0 N–H and O–H groups in total. The monoisotopic (exact) mass is 293 g/mol. The Labute approximate surface area is 124 Å². The fourth-order valence-corrected chi connectivity index (χ4v) is 2.99. The second-order valence-corrected chi connectivity index (χ2v) is 6.02. The summed E-state index contributed by atoms with van der Waals surface area (Å²) in [5.74, 6) is 2.37. The standard InChI is InChI=1S/C15H23N3O3/c1-20-10-7-13-16-14(21-17-13)11-5-8-18(9-6-11)15(19)12-3-2-4-12/h11-12H,2-10H2,1H3. The van der Waals surface area contributed by atoms with E-state index in [4.69, 9.17) is 9.26 Å². The molecule has 1 saturated heterocycles. The summed E-state index contributed by atoms with van der Waals surface area (Å²) < 4.78 is 10.4. The Kier molecular flexibility index (Phi) is 4.53. The van der Waals surface area contributed by atoms with Crippen LogP contribution in [-0.4, -0.2) is 47.8 Å². The first-order chi connectivity index (χ1) is 10.3. The number of carbonyl (C=O) groups excluding carboxylic acids is 1. The number of piperidine rings is 1. The molecule has 2 fully saturated rings. The maximum Gasteiger partial charge on any atom is 0.229 e. The van der Waals surface area contributed by atoms with Crippen LogP contribution in [0.5, 0.6) is 0 Å². The number of methoxy groups -OCH3 is 1. The Hall–Kier alpha value is -1.43. The maximum atomic E-state index is 12.2. The Balaban J connectivity index is 1.50. The molecule has 0 spiro atoms. The lowest BCUT2D eigenvalue weighted by molar-refractivity contribution is -0.139. The van der Waals surface area contributed by atoms with Gasteiger partial charge in [0.1, 0.15) is 0 Å². The van der Waals surface area contributed by atoms with E-state index in [-0.39, 0.29) is 0 Å². The van der Waals surface area contributed by atoms with Crippen molar-refractivity contribution in [3.63, 3.8) is 0 Å². The van der Waals surface area contributed by atoms with E-state index in [1.54, 1.807) is 7.11 Å². The number of rotatable bonds is 5. The van der Waals surface area contributed by atoms with Gasteiger partial charge in [-0.15, -0.1) is 0 Å². The molecule has 1 aliphatic heterocycles. The normalized spacial score (nSPS) is 20.5. The molecular formula is C15H23N3O3. The van der Waals surface area contributed by atoms with Crippen molar-refractivity contribution < 1.29 is 14.1 Å². The molecule has 0 bridgehead atoms. The first-order valence-corrected chi connectivity index (χ1v) is 7.88. The van der Waals surface area contributed by atoms with Crippen molar-refractivity contribution in [3.05, 3.63) is 11.7 Å². The highest BCUT2D eigenvalue weighted by Crippen LogP contribution is 2.32. The van der Waals surface area contributed by atoms with Crippen LogP contribution in [0.2, 0.25) is 0 Å². The number of hydrogen-bond acceptors (Lipinski definition) is 5. The van der Waals surface area contributed by atoms with Crippen LogP contribution in [-0.2, 0) is 16.0 Å². The van der Waals surface area contributed by atoms with E-state index in [2.05, 4.69) is 10.1 Å². The Bertz CT molecular complexity index is 476. The summed E-state index contributed by atoms with van der Waals surface area (Å²) in [6.07, 6.45) is 5.88. The summed E-state index contributed by atoms with van der Waals surface area (Å²) in [6, 6.07) is 0. The van der Waals surface area contributed by atoms with Gasteiger partial charge in [0.2, 0.25) is 11.8 Å². The Morgan fingerprint density at radius 2 is 2.10 bits per heavy atom. The molecule has 0 unspecified atom stereocenters. The van der Waals surface area contributed by atoms with Gasteiger partial charge in [0.25, 0.3) is 0 Å². The molecule has 0 aromatic carbocycles. The molecule has 0 radical (unpaired) electrons. The minimum absolute atomic E-state index is 0.291. The molecule has 6 nitrogen and oxygen atoms in total. The van der Waals surface area contributed by atoms with Gasteiger partial charge in [-0.3, -0.25) is 4.79 Å². The van der Waals surface area contributed by atoms with Gasteiger partial charge in [-0.05, 0) is 25.7 Å². The molecule has 2 heterocycles. The van der Waals surface area contributed by atoms with Crippen LogP contribution in [0, 0.1) is 5.92 Å². The third-order valence-electron chi connectivity index (χ3n) is 4.62. The number of amides is 1. The summed E-state index contributed by atoms with van der Waals surface area (Å²) in [6.45, 7) is 2.23. The van der Waals surface area contributed by atoms with Gasteiger partial charge >= 0.3 is 0 Å². The van der Waals surface area contributed by atoms with E-state index in [1.807, 2.05) is 4.90 Å². The number of carbonyl (C=O) groups is 1. The van der Waals surface area contributed by atoms with Crippen molar-refractivity contribution >= 4 is 5.91 Å². The zero-order valence-electron chi connectivity index (χ0n) is 12.6. The van der Waals surface area contributed by atoms with E-state index in [0.29, 0.717) is 36.6 Å². The van der Waals surface area contributed by atoms with Crippen LogP contribution in [0.25, 0.3) is 0 Å². The highest BCUT2D eigenvalue weighted by molar-refractivity contribution is 5.79. The molecule has 1 amide bonds. The van der Waals surface area contributed by atoms with Crippen LogP contribution in [0.15, 0.2) is 4.52 Å². The Morgan fingerprint density at radius 3 is 2.71 bits per heavy atom. The van der Waals surface area contributed by atoms with Crippen LogP contribution in [0.1, 0.15) is 49.7 Å². The fourth-order valence-electron chi connectivity index (χ4n) is 2.99. The number of nitrogens with zero attached hydrogens (tertiary/aromatic N) is 3. The number of likely N-dealkylation sites (tertiary alicyclic amines) is 1. The quantitative estimate of drug-likeness (QED) is 0.827. The predicted molar refractivity (Wildman–Crippen MR) is 75.8 cm³/mol. The van der Waals surface area contributed by atoms with Crippen molar-refractivity contribution in [2.45, 2.75) is 44.4 Å². The SMILES string of the molecule is COCCc1noc(C2CCN(C(=O)C3CCC3)CC2)n1. The molecule has 2 aliphatic rings. The lowest BCUT2D eigenvalue weighted by Crippen LogP contribution is -2.43. The smallest absolute Gasteiger partial charge is 0.229 e. The van der Waals surface area contributed by atoms with Crippen LogP contribution in [0.4, 0.5) is 0 Å². The largest absolute Gasteiger partial charge is 0.384 e. The fraction of sp³-hybridized carbons (Fsp3) is 0.800. The van der Waals surface area contributed by atoms with Crippen molar-refractivity contribution in [2.75, 3.05) is 26.8 Å². The lowest BCUT2D eigenvalue weighted by atomic mass is 9.83. The number of ether oxygens (including phenoxy) is 1. The van der Waals surface area contributed by atoms with Crippen molar-refractivity contribution in [1.29, 1.82) is 0 Å². The highest BCUT2D eigenvalue weighted by atomic mass is 16.5. The summed E-state index contributed by atoms with van der Waals surface area (Å²) in [4.78, 5) is 18.7. The van der Waals surface area contributed by atoms with E-state index >= 15 is 0 Å². The predicted octanol–water partition coefficient (Wildman–Crippen LogP) is 1.76. The molecule has 0 atom stereocenters. The van der Waals surface area contributed by atoms with Gasteiger partial charge in [-0.25, -0.2) is 0 Å². The molecule has 1 aromatic heterocycles. The van der Waals surface area contributed by atoms with Gasteiger partial charge < -0.3 is 14.2 Å². The van der Waals surface area contributed by atoms with Gasteiger partial charge in [-0.1, -0.05) is 11.6 Å². The average Bonchev–Trinajstić information content (AvgIpc) is 2.92. The van der Waals surface area contributed by atoms with E-state index < -0.39 is 0 Å². The topological polar surface area (TPSA) is 68.5 Å². The Morgan fingerprint density at radius 1 is 1.33 bits per heavy atom. The summed E-state index contributed by atoms with van der Waals surface area (Å²) in [5.41, 5.74) is 0. The highest BCUT2D eigenvalue weighted by Gasteiger charge is 2.33. The molecule has 3 rings (SSSR count). The minimum Gasteiger partial charge on any atom is -0.384 e. The average molecular weight is 293 g/mol. The molecule has 1 aliphatic carbocycles. The van der Waals surface area contributed by atoms with Crippen LogP contribution < -0.4 is 0 Å². The maximum absolute atomic E-state index is 12.2. The van der Waals surface area contributed by atoms with Crippen molar-refractivity contribution in [1.82, 2.24) is 15.0 Å². The number of aromatic nitrogens is 2. The van der Waals surface area contributed by atoms with E-state index in [0.717, 1.165) is 44.7 Å².